The Kier molecular flexibility index (Phi) is 4.56. The SMILES string of the molecule is Cc1ccc(CN2CCNCC2C(=O)N(C)C)cc1. The molecule has 1 amide bonds. The van der Waals surface area contributed by atoms with Gasteiger partial charge in [-0.15, -0.1) is 0 Å². The van der Waals surface area contributed by atoms with Crippen LogP contribution in [0.1, 0.15) is 11.1 Å². The fourth-order valence-electron chi connectivity index (χ4n) is 2.41. The first-order chi connectivity index (χ1) is 9.08. The Bertz CT molecular complexity index is 428. The van der Waals surface area contributed by atoms with Crippen molar-refractivity contribution in [2.24, 2.45) is 0 Å². The molecule has 1 unspecified atom stereocenters. The van der Waals surface area contributed by atoms with Crippen LogP contribution in [0.15, 0.2) is 24.3 Å². The quantitative estimate of drug-likeness (QED) is 0.876. The van der Waals surface area contributed by atoms with E-state index in [1.54, 1.807) is 4.90 Å². The van der Waals surface area contributed by atoms with Crippen LogP contribution in [0, 0.1) is 6.92 Å². The molecule has 19 heavy (non-hydrogen) atoms. The second kappa shape index (κ2) is 6.17. The molecule has 1 aliphatic heterocycles. The van der Waals surface area contributed by atoms with E-state index >= 15 is 0 Å². The van der Waals surface area contributed by atoms with E-state index in [-0.39, 0.29) is 11.9 Å². The van der Waals surface area contributed by atoms with Gasteiger partial charge in [-0.25, -0.2) is 0 Å². The van der Waals surface area contributed by atoms with Gasteiger partial charge in [0.1, 0.15) is 6.04 Å². The van der Waals surface area contributed by atoms with Crippen LogP contribution < -0.4 is 5.32 Å². The fraction of sp³-hybridized carbons (Fsp3) is 0.533. The van der Waals surface area contributed by atoms with Gasteiger partial charge in [-0.3, -0.25) is 9.69 Å². The molecule has 104 valence electrons. The van der Waals surface area contributed by atoms with Crippen LogP contribution in [-0.2, 0) is 11.3 Å². The van der Waals surface area contributed by atoms with Gasteiger partial charge in [0.2, 0.25) is 5.91 Å². The van der Waals surface area contributed by atoms with Gasteiger partial charge < -0.3 is 10.2 Å². The van der Waals surface area contributed by atoms with Crippen molar-refractivity contribution in [1.29, 1.82) is 0 Å². The standard InChI is InChI=1S/C15H23N3O/c1-12-4-6-13(7-5-12)11-18-9-8-16-10-14(18)15(19)17(2)3/h4-7,14,16H,8-11H2,1-3H3. The third-order valence-electron chi connectivity index (χ3n) is 3.59. The van der Waals surface area contributed by atoms with Crippen molar-refractivity contribution in [2.75, 3.05) is 33.7 Å². The maximum absolute atomic E-state index is 12.2. The number of carbonyl (C=O) groups is 1. The Labute approximate surface area is 115 Å². The zero-order valence-corrected chi connectivity index (χ0v) is 12.0. The number of piperazine rings is 1. The minimum absolute atomic E-state index is 0.0509. The Morgan fingerprint density at radius 2 is 2.05 bits per heavy atom. The first-order valence-corrected chi connectivity index (χ1v) is 6.79. The minimum atomic E-state index is -0.0509. The molecule has 1 aromatic rings. The van der Waals surface area contributed by atoms with Crippen molar-refractivity contribution in [2.45, 2.75) is 19.5 Å². The first kappa shape index (κ1) is 14.0. The molecule has 1 aromatic carbocycles. The molecule has 4 heteroatoms. The summed E-state index contributed by atoms with van der Waals surface area (Å²) in [5, 5.41) is 3.31. The normalized spacial score (nSPS) is 20.3. The third-order valence-corrected chi connectivity index (χ3v) is 3.59. The fourth-order valence-corrected chi connectivity index (χ4v) is 2.41. The maximum Gasteiger partial charge on any atom is 0.240 e. The molecule has 0 radical (unpaired) electrons. The van der Waals surface area contributed by atoms with Crippen LogP contribution in [0.25, 0.3) is 0 Å². The highest BCUT2D eigenvalue weighted by Gasteiger charge is 2.29. The number of likely N-dealkylation sites (N-methyl/N-ethyl adjacent to an activating group) is 1. The molecule has 2 rings (SSSR count). The summed E-state index contributed by atoms with van der Waals surface area (Å²) in [7, 11) is 3.64. The van der Waals surface area contributed by atoms with Crippen LogP contribution in [0.4, 0.5) is 0 Å². The first-order valence-electron chi connectivity index (χ1n) is 6.79. The molecule has 4 nitrogen and oxygen atoms in total. The highest BCUT2D eigenvalue weighted by molar-refractivity contribution is 5.81. The summed E-state index contributed by atoms with van der Waals surface area (Å²) in [6.07, 6.45) is 0. The Balaban J connectivity index is 2.07. The average Bonchev–Trinajstić information content (AvgIpc) is 2.41. The van der Waals surface area contributed by atoms with Crippen LogP contribution in [0.5, 0.6) is 0 Å². The number of nitrogens with one attached hydrogen (secondary N) is 1. The van der Waals surface area contributed by atoms with Crippen LogP contribution in [0.3, 0.4) is 0 Å². The summed E-state index contributed by atoms with van der Waals surface area (Å²) in [4.78, 5) is 16.1. The second-order valence-electron chi connectivity index (χ2n) is 5.41. The zero-order chi connectivity index (χ0) is 13.8. The summed E-state index contributed by atoms with van der Waals surface area (Å²) in [6, 6.07) is 8.49. The second-order valence-corrected chi connectivity index (χ2v) is 5.41. The molecule has 1 fully saturated rings. The van der Waals surface area contributed by atoms with Crippen molar-refractivity contribution in [3.63, 3.8) is 0 Å². The maximum atomic E-state index is 12.2. The van der Waals surface area contributed by atoms with E-state index in [9.17, 15) is 4.79 Å². The number of carbonyl (C=O) groups excluding carboxylic acids is 1. The van der Waals surface area contributed by atoms with Crippen molar-refractivity contribution in [3.8, 4) is 0 Å². The molecule has 1 N–H and O–H groups in total. The molecule has 1 saturated heterocycles. The monoisotopic (exact) mass is 261 g/mol. The highest BCUT2D eigenvalue weighted by atomic mass is 16.2. The lowest BCUT2D eigenvalue weighted by Gasteiger charge is -2.36. The molecule has 0 spiro atoms. The van der Waals surface area contributed by atoms with Crippen molar-refractivity contribution in [1.82, 2.24) is 15.1 Å². The molecule has 0 bridgehead atoms. The average molecular weight is 261 g/mol. The number of benzene rings is 1. The van der Waals surface area contributed by atoms with E-state index in [2.05, 4.69) is 41.4 Å². The predicted molar refractivity (Wildman–Crippen MR) is 76.9 cm³/mol. The number of hydrogen-bond acceptors (Lipinski definition) is 3. The molecule has 0 saturated carbocycles. The lowest BCUT2D eigenvalue weighted by Crippen LogP contribution is -2.57. The van der Waals surface area contributed by atoms with Crippen molar-refractivity contribution < 1.29 is 4.79 Å². The molecule has 1 atom stereocenters. The molecular weight excluding hydrogens is 238 g/mol. The number of nitrogens with zero attached hydrogens (tertiary/aromatic N) is 2. The largest absolute Gasteiger partial charge is 0.347 e. The van der Waals surface area contributed by atoms with Crippen LogP contribution in [0.2, 0.25) is 0 Å². The lowest BCUT2D eigenvalue weighted by molar-refractivity contribution is -0.135. The van der Waals surface area contributed by atoms with Gasteiger partial charge in [0.25, 0.3) is 0 Å². The number of hydrogen-bond donors (Lipinski definition) is 1. The molecular formula is C15H23N3O. The number of rotatable bonds is 3. The molecule has 1 aliphatic rings. The summed E-state index contributed by atoms with van der Waals surface area (Å²) in [5.74, 6) is 0.180. The predicted octanol–water partition coefficient (Wildman–Crippen LogP) is 0.857. The van der Waals surface area contributed by atoms with Gasteiger partial charge >= 0.3 is 0 Å². The van der Waals surface area contributed by atoms with E-state index in [0.29, 0.717) is 0 Å². The van der Waals surface area contributed by atoms with Gasteiger partial charge in [-0.1, -0.05) is 29.8 Å². The van der Waals surface area contributed by atoms with Gasteiger partial charge in [0.15, 0.2) is 0 Å². The molecule has 1 heterocycles. The Morgan fingerprint density at radius 3 is 2.68 bits per heavy atom. The van der Waals surface area contributed by atoms with Gasteiger partial charge in [-0.05, 0) is 12.5 Å². The van der Waals surface area contributed by atoms with E-state index in [1.165, 1.54) is 11.1 Å². The van der Waals surface area contributed by atoms with E-state index < -0.39 is 0 Å². The minimum Gasteiger partial charge on any atom is -0.347 e. The topological polar surface area (TPSA) is 35.6 Å². The van der Waals surface area contributed by atoms with E-state index in [0.717, 1.165) is 26.2 Å². The van der Waals surface area contributed by atoms with Crippen LogP contribution in [-0.4, -0.2) is 55.5 Å². The Hall–Kier alpha value is -1.39. The molecule has 0 aliphatic carbocycles. The lowest BCUT2D eigenvalue weighted by atomic mass is 10.1. The summed E-state index contributed by atoms with van der Waals surface area (Å²) in [5.41, 5.74) is 2.54. The van der Waals surface area contributed by atoms with E-state index in [4.69, 9.17) is 0 Å². The van der Waals surface area contributed by atoms with Gasteiger partial charge in [0, 0.05) is 40.3 Å². The van der Waals surface area contributed by atoms with Crippen molar-refractivity contribution in [3.05, 3.63) is 35.4 Å². The summed E-state index contributed by atoms with van der Waals surface area (Å²) < 4.78 is 0. The number of aryl methyl sites for hydroxylation is 1. The smallest absolute Gasteiger partial charge is 0.240 e. The summed E-state index contributed by atoms with van der Waals surface area (Å²) >= 11 is 0. The highest BCUT2D eigenvalue weighted by Crippen LogP contribution is 2.12. The third kappa shape index (κ3) is 3.55. The Morgan fingerprint density at radius 1 is 1.37 bits per heavy atom. The van der Waals surface area contributed by atoms with Gasteiger partial charge in [-0.2, -0.15) is 0 Å². The van der Waals surface area contributed by atoms with Crippen LogP contribution >= 0.6 is 0 Å². The van der Waals surface area contributed by atoms with Crippen molar-refractivity contribution >= 4 is 5.91 Å². The molecule has 0 aromatic heterocycles. The summed E-state index contributed by atoms with van der Waals surface area (Å²) in [6.45, 7) is 5.53. The van der Waals surface area contributed by atoms with E-state index in [1.807, 2.05) is 14.1 Å². The zero-order valence-electron chi connectivity index (χ0n) is 12.0. The number of amides is 1. The van der Waals surface area contributed by atoms with Gasteiger partial charge in [0.05, 0.1) is 0 Å².